The molecule has 5 heteroatoms. The smallest absolute Gasteiger partial charge is 0.243 e. The van der Waals surface area contributed by atoms with Crippen LogP contribution in [0.1, 0.15) is 6.42 Å². The van der Waals surface area contributed by atoms with Gasteiger partial charge >= 0.3 is 0 Å². The zero-order chi connectivity index (χ0) is 15.4. The number of hydrogen-bond donors (Lipinski definition) is 0. The van der Waals surface area contributed by atoms with E-state index in [2.05, 4.69) is 0 Å². The Morgan fingerprint density at radius 3 is 2.23 bits per heavy atom. The van der Waals surface area contributed by atoms with Crippen LogP contribution in [-0.4, -0.2) is 39.0 Å². The van der Waals surface area contributed by atoms with Crippen molar-refractivity contribution in [2.45, 2.75) is 11.3 Å². The van der Waals surface area contributed by atoms with Crippen LogP contribution in [0.15, 0.2) is 59.5 Å². The van der Waals surface area contributed by atoms with Gasteiger partial charge < -0.3 is 4.74 Å². The van der Waals surface area contributed by atoms with Gasteiger partial charge in [-0.15, -0.1) is 0 Å². The van der Waals surface area contributed by atoms with Crippen LogP contribution < -0.4 is 0 Å². The maximum absolute atomic E-state index is 12.7. The highest BCUT2D eigenvalue weighted by molar-refractivity contribution is 7.89. The summed E-state index contributed by atoms with van der Waals surface area (Å²) in [6.45, 7) is 2.02. The Morgan fingerprint density at radius 1 is 0.818 bits per heavy atom. The van der Waals surface area contributed by atoms with Gasteiger partial charge in [0, 0.05) is 19.7 Å². The molecule has 0 saturated carbocycles. The molecule has 0 aromatic heterocycles. The number of benzene rings is 2. The lowest BCUT2D eigenvalue weighted by atomic mass is 10.1. The first kappa shape index (κ1) is 15.2. The molecule has 2 aromatic carbocycles. The summed E-state index contributed by atoms with van der Waals surface area (Å²) in [4.78, 5) is 0.342. The number of ether oxygens (including phenoxy) is 1. The Kier molecular flexibility index (Phi) is 4.57. The van der Waals surface area contributed by atoms with Gasteiger partial charge in [-0.05, 0) is 29.7 Å². The lowest BCUT2D eigenvalue weighted by molar-refractivity contribution is 0.148. The first-order chi connectivity index (χ1) is 10.7. The van der Waals surface area contributed by atoms with Crippen molar-refractivity contribution in [3.8, 4) is 11.1 Å². The van der Waals surface area contributed by atoms with Gasteiger partial charge in [-0.2, -0.15) is 4.31 Å². The van der Waals surface area contributed by atoms with E-state index in [4.69, 9.17) is 4.74 Å². The molecule has 0 N–H and O–H groups in total. The van der Waals surface area contributed by atoms with Crippen molar-refractivity contribution in [3.63, 3.8) is 0 Å². The van der Waals surface area contributed by atoms with Crippen LogP contribution in [0.3, 0.4) is 0 Å². The molecular weight excluding hydrogens is 298 g/mol. The Labute approximate surface area is 131 Å². The molecule has 116 valence electrons. The molecule has 0 unspecified atom stereocenters. The van der Waals surface area contributed by atoms with Crippen LogP contribution in [-0.2, 0) is 14.8 Å². The van der Waals surface area contributed by atoms with E-state index in [0.29, 0.717) is 31.2 Å². The summed E-state index contributed by atoms with van der Waals surface area (Å²) in [5.41, 5.74) is 2.09. The summed E-state index contributed by atoms with van der Waals surface area (Å²) in [7, 11) is -3.43. The largest absolute Gasteiger partial charge is 0.380 e. The maximum atomic E-state index is 12.7. The number of rotatable bonds is 3. The lowest BCUT2D eigenvalue weighted by Gasteiger charge is -2.19. The number of nitrogens with zero attached hydrogens (tertiary/aromatic N) is 1. The summed E-state index contributed by atoms with van der Waals surface area (Å²) in [5, 5.41) is 0. The molecule has 4 nitrogen and oxygen atoms in total. The van der Waals surface area contributed by atoms with Crippen molar-refractivity contribution >= 4 is 10.0 Å². The number of sulfonamides is 1. The second kappa shape index (κ2) is 6.60. The highest BCUT2D eigenvalue weighted by Crippen LogP contribution is 2.23. The van der Waals surface area contributed by atoms with Crippen LogP contribution >= 0.6 is 0 Å². The molecule has 1 aliphatic heterocycles. The van der Waals surface area contributed by atoms with Gasteiger partial charge in [0.25, 0.3) is 0 Å². The van der Waals surface area contributed by atoms with Gasteiger partial charge in [0.15, 0.2) is 0 Å². The van der Waals surface area contributed by atoms with Gasteiger partial charge in [-0.3, -0.25) is 0 Å². The van der Waals surface area contributed by atoms with Gasteiger partial charge in [0.05, 0.1) is 11.5 Å². The molecule has 0 radical (unpaired) electrons. The summed E-state index contributed by atoms with van der Waals surface area (Å²) in [5.74, 6) is 0. The SMILES string of the molecule is O=S(=O)(c1ccc(-c2ccccc2)cc1)N1CCCOCC1. The second-order valence-electron chi connectivity index (χ2n) is 5.26. The molecule has 0 atom stereocenters. The standard InChI is InChI=1S/C17H19NO3S/c19-22(20,18-11-4-13-21-14-12-18)17-9-7-16(8-10-17)15-5-2-1-3-6-15/h1-3,5-10H,4,11-14H2. The third-order valence-corrected chi connectivity index (χ3v) is 5.69. The van der Waals surface area contributed by atoms with Crippen LogP contribution in [0.25, 0.3) is 11.1 Å². The van der Waals surface area contributed by atoms with Gasteiger partial charge in [-0.1, -0.05) is 42.5 Å². The molecule has 0 aliphatic carbocycles. The van der Waals surface area contributed by atoms with Gasteiger partial charge in [-0.25, -0.2) is 8.42 Å². The monoisotopic (exact) mass is 317 g/mol. The highest BCUT2D eigenvalue weighted by Gasteiger charge is 2.25. The van der Waals surface area contributed by atoms with E-state index in [0.717, 1.165) is 17.5 Å². The third-order valence-electron chi connectivity index (χ3n) is 3.78. The first-order valence-corrected chi connectivity index (χ1v) is 8.85. The summed E-state index contributed by atoms with van der Waals surface area (Å²) in [6, 6.07) is 17.0. The van der Waals surface area contributed by atoms with Crippen LogP contribution in [0.4, 0.5) is 0 Å². The zero-order valence-corrected chi connectivity index (χ0v) is 13.1. The predicted octanol–water partition coefficient (Wildman–Crippen LogP) is 2.76. The topological polar surface area (TPSA) is 46.6 Å². The molecule has 1 fully saturated rings. The molecule has 1 saturated heterocycles. The molecule has 0 bridgehead atoms. The molecule has 1 heterocycles. The average molecular weight is 317 g/mol. The Balaban J connectivity index is 1.85. The third kappa shape index (κ3) is 3.21. The van der Waals surface area contributed by atoms with Crippen LogP contribution in [0.2, 0.25) is 0 Å². The van der Waals surface area contributed by atoms with E-state index in [-0.39, 0.29) is 0 Å². The molecule has 2 aromatic rings. The predicted molar refractivity (Wildman–Crippen MR) is 86.1 cm³/mol. The molecule has 0 spiro atoms. The number of hydrogen-bond acceptors (Lipinski definition) is 3. The fourth-order valence-electron chi connectivity index (χ4n) is 2.56. The fraction of sp³-hybridized carbons (Fsp3) is 0.294. The maximum Gasteiger partial charge on any atom is 0.243 e. The minimum atomic E-state index is -3.43. The van der Waals surface area contributed by atoms with Crippen molar-refractivity contribution in [3.05, 3.63) is 54.6 Å². The molecular formula is C17H19NO3S. The van der Waals surface area contributed by atoms with E-state index in [1.807, 2.05) is 42.5 Å². The first-order valence-electron chi connectivity index (χ1n) is 7.41. The minimum absolute atomic E-state index is 0.342. The second-order valence-corrected chi connectivity index (χ2v) is 7.20. The van der Waals surface area contributed by atoms with Crippen LogP contribution in [0, 0.1) is 0 Å². The average Bonchev–Trinajstić information content (AvgIpc) is 2.86. The van der Waals surface area contributed by atoms with Crippen molar-refractivity contribution in [2.75, 3.05) is 26.3 Å². The Bertz CT molecular complexity index is 703. The van der Waals surface area contributed by atoms with E-state index in [1.165, 1.54) is 4.31 Å². The van der Waals surface area contributed by atoms with Crippen molar-refractivity contribution in [1.29, 1.82) is 0 Å². The quantitative estimate of drug-likeness (QED) is 0.874. The Hall–Kier alpha value is -1.69. The fourth-order valence-corrected chi connectivity index (χ4v) is 4.03. The van der Waals surface area contributed by atoms with E-state index in [9.17, 15) is 8.42 Å². The van der Waals surface area contributed by atoms with Gasteiger partial charge in [0.2, 0.25) is 10.0 Å². The minimum Gasteiger partial charge on any atom is -0.380 e. The van der Waals surface area contributed by atoms with E-state index in [1.54, 1.807) is 12.1 Å². The highest BCUT2D eigenvalue weighted by atomic mass is 32.2. The van der Waals surface area contributed by atoms with Crippen molar-refractivity contribution < 1.29 is 13.2 Å². The van der Waals surface area contributed by atoms with Crippen molar-refractivity contribution in [1.82, 2.24) is 4.31 Å². The summed E-state index contributed by atoms with van der Waals surface area (Å²) in [6.07, 6.45) is 0.737. The molecule has 1 aliphatic rings. The summed E-state index contributed by atoms with van der Waals surface area (Å²) >= 11 is 0. The Morgan fingerprint density at radius 2 is 1.50 bits per heavy atom. The molecule has 22 heavy (non-hydrogen) atoms. The van der Waals surface area contributed by atoms with E-state index >= 15 is 0 Å². The lowest BCUT2D eigenvalue weighted by Crippen LogP contribution is -2.33. The summed E-state index contributed by atoms with van der Waals surface area (Å²) < 4.78 is 32.2. The molecule has 3 rings (SSSR count). The van der Waals surface area contributed by atoms with Crippen molar-refractivity contribution in [2.24, 2.45) is 0 Å². The molecule has 0 amide bonds. The zero-order valence-electron chi connectivity index (χ0n) is 12.3. The van der Waals surface area contributed by atoms with Gasteiger partial charge in [0.1, 0.15) is 0 Å². The normalized spacial score (nSPS) is 17.1. The van der Waals surface area contributed by atoms with E-state index < -0.39 is 10.0 Å². The van der Waals surface area contributed by atoms with Crippen LogP contribution in [0.5, 0.6) is 0 Å².